The van der Waals surface area contributed by atoms with E-state index in [2.05, 4.69) is 5.32 Å². The number of hydrogen-bond acceptors (Lipinski definition) is 4. The van der Waals surface area contributed by atoms with Gasteiger partial charge in [0.05, 0.1) is 11.0 Å². The Morgan fingerprint density at radius 1 is 1.35 bits per heavy atom. The normalized spacial score (nSPS) is 19.6. The Hall–Kier alpha value is -1.26. The zero-order valence-corrected chi connectivity index (χ0v) is 12.8. The van der Waals surface area contributed by atoms with Gasteiger partial charge < -0.3 is 10.1 Å². The molecule has 1 aliphatic rings. The van der Waals surface area contributed by atoms with Crippen molar-refractivity contribution in [3.63, 3.8) is 0 Å². The summed E-state index contributed by atoms with van der Waals surface area (Å²) in [5, 5.41) is 3.34. The van der Waals surface area contributed by atoms with Crippen molar-refractivity contribution in [2.24, 2.45) is 0 Å². The zero-order chi connectivity index (χ0) is 14.4. The number of carbonyl (C=O) groups is 1. The van der Waals surface area contributed by atoms with Crippen LogP contribution in [0.2, 0.25) is 0 Å². The Labute approximate surface area is 124 Å². The van der Waals surface area contributed by atoms with Crippen LogP contribution in [0.25, 0.3) is 0 Å². The molecule has 0 amide bonds. The molecular formula is C16H21NO2S. The molecule has 20 heavy (non-hydrogen) atoms. The molecule has 1 unspecified atom stereocenters. The number of allylic oxidation sites excluding steroid dienone is 2. The van der Waals surface area contributed by atoms with E-state index >= 15 is 0 Å². The Balaban J connectivity index is 2.01. The van der Waals surface area contributed by atoms with Gasteiger partial charge in [-0.1, -0.05) is 30.0 Å². The van der Waals surface area contributed by atoms with Gasteiger partial charge in [0.1, 0.15) is 0 Å². The third kappa shape index (κ3) is 4.39. The van der Waals surface area contributed by atoms with Crippen molar-refractivity contribution in [1.29, 1.82) is 0 Å². The molecule has 108 valence electrons. The minimum absolute atomic E-state index is 0.0937. The third-order valence-electron chi connectivity index (χ3n) is 3.24. The number of hydrogen-bond donors (Lipinski definition) is 1. The molecule has 1 heterocycles. The summed E-state index contributed by atoms with van der Waals surface area (Å²) in [6.45, 7) is 5.20. The largest absolute Gasteiger partial charge is 0.385 e. The van der Waals surface area contributed by atoms with E-state index in [1.165, 1.54) is 11.8 Å². The summed E-state index contributed by atoms with van der Waals surface area (Å²) in [6, 6.07) is 9.97. The van der Waals surface area contributed by atoms with Crippen LogP contribution in [0.3, 0.4) is 0 Å². The molecule has 1 saturated heterocycles. The van der Waals surface area contributed by atoms with Gasteiger partial charge in [-0.3, -0.25) is 4.79 Å². The van der Waals surface area contributed by atoms with Gasteiger partial charge in [-0.05, 0) is 38.8 Å². The topological polar surface area (TPSA) is 38.3 Å². The average Bonchev–Trinajstić information content (AvgIpc) is 2.96. The maximum absolute atomic E-state index is 11.8. The van der Waals surface area contributed by atoms with Gasteiger partial charge in [-0.25, -0.2) is 0 Å². The van der Waals surface area contributed by atoms with E-state index in [1.54, 1.807) is 6.92 Å². The van der Waals surface area contributed by atoms with Crippen molar-refractivity contribution < 1.29 is 9.53 Å². The number of Topliss-reactive ketones (excluding diaryl/α,β-unsaturated/α-hetero) is 1. The van der Waals surface area contributed by atoms with E-state index in [0.29, 0.717) is 0 Å². The lowest BCUT2D eigenvalue weighted by Crippen LogP contribution is -2.26. The first-order valence-electron chi connectivity index (χ1n) is 6.97. The highest BCUT2D eigenvalue weighted by Gasteiger charge is 2.16. The van der Waals surface area contributed by atoms with Gasteiger partial charge >= 0.3 is 0 Å². The zero-order valence-electron chi connectivity index (χ0n) is 12.0. The molecule has 1 aromatic carbocycles. The molecule has 3 nitrogen and oxygen atoms in total. The summed E-state index contributed by atoms with van der Waals surface area (Å²) in [7, 11) is 0. The van der Waals surface area contributed by atoms with E-state index in [9.17, 15) is 4.79 Å². The number of benzene rings is 1. The molecule has 0 saturated carbocycles. The monoisotopic (exact) mass is 291 g/mol. The average molecular weight is 291 g/mol. The smallest absolute Gasteiger partial charge is 0.168 e. The van der Waals surface area contributed by atoms with E-state index < -0.39 is 0 Å². The molecule has 4 heteroatoms. The Morgan fingerprint density at radius 2 is 2.10 bits per heavy atom. The van der Waals surface area contributed by atoms with Crippen LogP contribution in [0.5, 0.6) is 0 Å². The highest BCUT2D eigenvalue weighted by atomic mass is 32.2. The molecule has 0 aliphatic carbocycles. The first kappa shape index (κ1) is 15.1. The number of ketones is 1. The van der Waals surface area contributed by atoms with Crippen molar-refractivity contribution in [3.8, 4) is 0 Å². The first-order valence-corrected chi connectivity index (χ1v) is 7.78. The molecule has 1 fully saturated rings. The molecule has 1 aromatic rings. The van der Waals surface area contributed by atoms with Gasteiger partial charge in [-0.15, -0.1) is 0 Å². The predicted octanol–water partition coefficient (Wildman–Crippen LogP) is 3.37. The first-order chi connectivity index (χ1) is 9.66. The molecule has 1 N–H and O–H groups in total. The van der Waals surface area contributed by atoms with E-state index in [-0.39, 0.29) is 11.9 Å². The maximum Gasteiger partial charge on any atom is 0.168 e. The number of nitrogens with one attached hydrogen (secondary N) is 1. The van der Waals surface area contributed by atoms with Crippen LogP contribution in [-0.2, 0) is 9.53 Å². The molecule has 0 spiro atoms. The second kappa shape index (κ2) is 7.50. The van der Waals surface area contributed by atoms with Gasteiger partial charge in [0, 0.05) is 23.7 Å². The van der Waals surface area contributed by atoms with E-state index in [1.807, 2.05) is 37.3 Å². The van der Waals surface area contributed by atoms with Crippen LogP contribution in [0.15, 0.2) is 45.8 Å². The lowest BCUT2D eigenvalue weighted by molar-refractivity contribution is -0.113. The Kier molecular flexibility index (Phi) is 5.68. The lowest BCUT2D eigenvalue weighted by atomic mass is 10.2. The summed E-state index contributed by atoms with van der Waals surface area (Å²) in [5.74, 6) is 0.0937. The summed E-state index contributed by atoms with van der Waals surface area (Å²) >= 11 is 1.51. The maximum atomic E-state index is 11.8. The quantitative estimate of drug-likeness (QED) is 0.644. The van der Waals surface area contributed by atoms with Gasteiger partial charge in [-0.2, -0.15) is 0 Å². The highest BCUT2D eigenvalue weighted by molar-refractivity contribution is 8.04. The van der Waals surface area contributed by atoms with E-state index in [0.717, 1.165) is 41.5 Å². The number of rotatable bonds is 6. The van der Waals surface area contributed by atoms with Crippen molar-refractivity contribution in [2.75, 3.05) is 13.2 Å². The van der Waals surface area contributed by atoms with Crippen molar-refractivity contribution in [2.45, 2.75) is 37.7 Å². The predicted molar refractivity (Wildman–Crippen MR) is 82.7 cm³/mol. The van der Waals surface area contributed by atoms with Crippen LogP contribution in [-0.4, -0.2) is 25.0 Å². The molecular weight excluding hydrogens is 270 g/mol. The fourth-order valence-electron chi connectivity index (χ4n) is 2.17. The van der Waals surface area contributed by atoms with Crippen molar-refractivity contribution in [1.82, 2.24) is 5.32 Å². The summed E-state index contributed by atoms with van der Waals surface area (Å²) in [6.07, 6.45) is 2.51. The van der Waals surface area contributed by atoms with Crippen molar-refractivity contribution >= 4 is 17.5 Å². The molecule has 2 rings (SSSR count). The lowest BCUT2D eigenvalue weighted by Gasteiger charge is -2.15. The second-order valence-corrected chi connectivity index (χ2v) is 6.03. The number of ether oxygens (including phenoxy) is 1. The molecule has 0 radical (unpaired) electrons. The SMILES string of the molecule is CC(=O)/C(Sc1ccccc1)=C(/C)NCC1CCCO1. The number of thioether (sulfide) groups is 1. The fraction of sp³-hybridized carbons (Fsp3) is 0.438. The molecule has 0 aromatic heterocycles. The molecule has 1 atom stereocenters. The summed E-state index contributed by atoms with van der Waals surface area (Å²) in [5.41, 5.74) is 0.932. The van der Waals surface area contributed by atoms with Gasteiger partial charge in [0.15, 0.2) is 5.78 Å². The van der Waals surface area contributed by atoms with Gasteiger partial charge in [0.25, 0.3) is 0 Å². The highest BCUT2D eigenvalue weighted by Crippen LogP contribution is 2.28. The standard InChI is InChI=1S/C16H21NO2S/c1-12(17-11-14-7-6-10-19-14)16(13(2)18)20-15-8-4-3-5-9-15/h3-5,8-9,14,17H,6-7,10-11H2,1-2H3/b16-12+. The van der Waals surface area contributed by atoms with Gasteiger partial charge in [0.2, 0.25) is 0 Å². The fourth-order valence-corrected chi connectivity index (χ4v) is 3.07. The van der Waals surface area contributed by atoms with Crippen LogP contribution in [0, 0.1) is 0 Å². The van der Waals surface area contributed by atoms with Crippen LogP contribution in [0.1, 0.15) is 26.7 Å². The Bertz CT molecular complexity index is 479. The molecule has 0 bridgehead atoms. The molecule has 1 aliphatic heterocycles. The second-order valence-electron chi connectivity index (χ2n) is 4.94. The van der Waals surface area contributed by atoms with Crippen molar-refractivity contribution in [3.05, 3.63) is 40.9 Å². The van der Waals surface area contributed by atoms with Crippen LogP contribution in [0.4, 0.5) is 0 Å². The summed E-state index contributed by atoms with van der Waals surface area (Å²) in [4.78, 5) is 13.7. The third-order valence-corrected chi connectivity index (χ3v) is 4.55. The minimum atomic E-state index is 0.0937. The van der Waals surface area contributed by atoms with Crippen LogP contribution >= 0.6 is 11.8 Å². The minimum Gasteiger partial charge on any atom is -0.385 e. The van der Waals surface area contributed by atoms with E-state index in [4.69, 9.17) is 4.74 Å². The number of carbonyl (C=O) groups excluding carboxylic acids is 1. The van der Waals surface area contributed by atoms with Crippen LogP contribution < -0.4 is 5.32 Å². The summed E-state index contributed by atoms with van der Waals surface area (Å²) < 4.78 is 5.59. The Morgan fingerprint density at radius 3 is 2.70 bits per heavy atom.